The van der Waals surface area contributed by atoms with E-state index in [0.717, 1.165) is 5.56 Å². The topological polar surface area (TPSA) is 161 Å². The summed E-state index contributed by atoms with van der Waals surface area (Å²) in [4.78, 5) is 28.0. The van der Waals surface area contributed by atoms with Gasteiger partial charge in [0.2, 0.25) is 0 Å². The van der Waals surface area contributed by atoms with Gasteiger partial charge in [0.1, 0.15) is 11.4 Å². The van der Waals surface area contributed by atoms with Crippen LogP contribution in [0.4, 0.5) is 0 Å². The minimum atomic E-state index is -1.39. The Morgan fingerprint density at radius 1 is 1.26 bits per heavy atom. The van der Waals surface area contributed by atoms with E-state index in [1.807, 2.05) is 0 Å². The minimum absolute atomic E-state index is 0.0389. The average Bonchev–Trinajstić information content (AvgIpc) is 2.67. The Labute approximate surface area is 155 Å². The van der Waals surface area contributed by atoms with E-state index in [1.165, 1.54) is 12.1 Å². The number of rotatable bonds is 5. The fourth-order valence-corrected chi connectivity index (χ4v) is 2.98. The molecule has 1 amide bonds. The number of hydrogen-bond donors (Lipinski definition) is 5. The Bertz CT molecular complexity index is 892. The fraction of sp³-hybridized carbons (Fsp3) is 0.235. The van der Waals surface area contributed by atoms with Crippen LogP contribution in [0.25, 0.3) is 0 Å². The van der Waals surface area contributed by atoms with Crippen molar-refractivity contribution < 1.29 is 24.4 Å². The molecule has 7 N–H and O–H groups in total. The van der Waals surface area contributed by atoms with Crippen LogP contribution in [0, 0.1) is 0 Å². The van der Waals surface area contributed by atoms with Crippen LogP contribution in [0.3, 0.4) is 0 Å². The number of para-hydroxylation sites is 1. The molecule has 1 aliphatic heterocycles. The number of nitrogens with one attached hydrogen (secondary N) is 1. The second-order valence-electron chi connectivity index (χ2n) is 6.10. The van der Waals surface area contributed by atoms with Crippen molar-refractivity contribution in [3.63, 3.8) is 0 Å². The molecule has 0 aliphatic carbocycles. The van der Waals surface area contributed by atoms with E-state index in [1.54, 1.807) is 18.2 Å². The molecule has 9 nitrogen and oxygen atoms in total. The summed E-state index contributed by atoms with van der Waals surface area (Å²) < 4.78 is 5.36. The number of nitrogens with zero attached hydrogens (tertiary/aromatic N) is 1. The van der Waals surface area contributed by atoms with E-state index in [-0.39, 0.29) is 36.5 Å². The molecule has 0 fully saturated rings. The molecule has 0 radical (unpaired) electrons. The van der Waals surface area contributed by atoms with Crippen LogP contribution in [0.2, 0.25) is 0 Å². The number of carbonyl (C=O) groups excluding carboxylic acids is 1. The molecule has 27 heavy (non-hydrogen) atoms. The lowest BCUT2D eigenvalue weighted by Gasteiger charge is -2.28. The third-order valence-electron chi connectivity index (χ3n) is 4.38. The monoisotopic (exact) mass is 370 g/mol. The zero-order valence-electron chi connectivity index (χ0n) is 14.4. The van der Waals surface area contributed by atoms with Gasteiger partial charge in [0.05, 0.1) is 17.2 Å². The highest BCUT2D eigenvalue weighted by Gasteiger charge is 2.38. The number of carboxylic acid groups (broad SMARTS) is 1. The first-order valence-electron chi connectivity index (χ1n) is 8.34. The molecule has 0 unspecified atom stereocenters. The molecule has 2 heterocycles. The minimum Gasteiger partial charge on any atom is -0.534 e. The number of hydrogen-bond acceptors (Lipinski definition) is 7. The first-order valence-corrected chi connectivity index (χ1v) is 8.34. The quantitative estimate of drug-likeness (QED) is 0.438. The Morgan fingerprint density at radius 3 is 2.70 bits per heavy atom. The van der Waals surface area contributed by atoms with Crippen molar-refractivity contribution in [3.05, 3.63) is 58.4 Å². The summed E-state index contributed by atoms with van der Waals surface area (Å²) in [6.45, 7) is 0.410. The van der Waals surface area contributed by atoms with Gasteiger partial charge in [-0.3, -0.25) is 4.79 Å². The van der Waals surface area contributed by atoms with Crippen LogP contribution in [0.5, 0.6) is 5.75 Å². The molecule has 10 heteroatoms. The van der Waals surface area contributed by atoms with Crippen molar-refractivity contribution in [1.29, 1.82) is 0 Å². The number of amides is 1. The molecular formula is C17H19BN4O5. The molecule has 0 saturated carbocycles. The lowest BCUT2D eigenvalue weighted by molar-refractivity contribution is 0.0693. The molecular weight excluding hydrogens is 351 g/mol. The molecule has 140 valence electrons. The van der Waals surface area contributed by atoms with Crippen LogP contribution in [0.15, 0.2) is 30.3 Å². The predicted molar refractivity (Wildman–Crippen MR) is 97.0 cm³/mol. The summed E-state index contributed by atoms with van der Waals surface area (Å²) in [7, 11) is -1.39. The number of benzene rings is 1. The summed E-state index contributed by atoms with van der Waals surface area (Å²) in [5.41, 5.74) is 13.2. The van der Waals surface area contributed by atoms with Crippen LogP contribution in [0.1, 0.15) is 37.7 Å². The largest absolute Gasteiger partial charge is 0.547 e. The Kier molecular flexibility index (Phi) is 5.40. The van der Waals surface area contributed by atoms with Crippen molar-refractivity contribution in [3.8, 4) is 5.75 Å². The molecule has 2 aromatic rings. The van der Waals surface area contributed by atoms with E-state index < -0.39 is 24.9 Å². The van der Waals surface area contributed by atoms with Gasteiger partial charge in [-0.1, -0.05) is 18.2 Å². The molecule has 0 saturated heterocycles. The number of aromatic carboxylic acids is 1. The van der Waals surface area contributed by atoms with Gasteiger partial charge in [-0.25, -0.2) is 9.78 Å². The highest BCUT2D eigenvalue weighted by atomic mass is 16.5. The number of pyridine rings is 1. The van der Waals surface area contributed by atoms with Crippen LogP contribution in [-0.2, 0) is 19.5 Å². The summed E-state index contributed by atoms with van der Waals surface area (Å²) in [5, 5.41) is 22.1. The van der Waals surface area contributed by atoms with Crippen molar-refractivity contribution in [1.82, 2.24) is 10.3 Å². The van der Waals surface area contributed by atoms with E-state index >= 15 is 0 Å². The van der Waals surface area contributed by atoms with Crippen LogP contribution < -0.4 is 21.4 Å². The number of aromatic nitrogens is 1. The Balaban J connectivity index is 1.79. The summed E-state index contributed by atoms with van der Waals surface area (Å²) in [6.07, 6.45) is 0.216. The number of nitrogens with two attached hydrogens (primary N) is 2. The van der Waals surface area contributed by atoms with Crippen molar-refractivity contribution in [2.75, 3.05) is 0 Å². The molecule has 1 aromatic carbocycles. The third kappa shape index (κ3) is 3.77. The van der Waals surface area contributed by atoms with Crippen molar-refractivity contribution in [2.24, 2.45) is 11.5 Å². The first kappa shape index (κ1) is 18.8. The zero-order chi connectivity index (χ0) is 19.6. The van der Waals surface area contributed by atoms with Crippen LogP contribution in [-0.4, -0.2) is 40.1 Å². The molecule has 3 rings (SSSR count). The highest BCUT2D eigenvalue weighted by molar-refractivity contribution is 6.47. The smallest absolute Gasteiger partial charge is 0.534 e. The number of fused-ring (bicyclic) bond motifs is 1. The number of carbonyl (C=O) groups is 2. The molecule has 0 bridgehead atoms. The standard InChI is InChI=1S/C17H19BN4O5/c19-7-10-4-5-12(21-13(10)8-20)16(23)22-14-6-9-2-1-3-11(17(24)25)15(9)27-18(14)26/h1-5,14,26H,6-8,19-20H2,(H,22,23)(H,24,25)/t14-/m0/s1. The second-order valence-corrected chi connectivity index (χ2v) is 6.10. The number of carboxylic acids is 1. The lowest BCUT2D eigenvalue weighted by Crippen LogP contribution is -2.53. The Morgan fingerprint density at radius 2 is 2.04 bits per heavy atom. The molecule has 1 aliphatic rings. The first-order chi connectivity index (χ1) is 12.9. The van der Waals surface area contributed by atoms with Crippen LogP contribution >= 0.6 is 0 Å². The van der Waals surface area contributed by atoms with Gasteiger partial charge < -0.3 is 31.6 Å². The third-order valence-corrected chi connectivity index (χ3v) is 4.38. The zero-order valence-corrected chi connectivity index (χ0v) is 14.4. The van der Waals surface area contributed by atoms with Gasteiger partial charge >= 0.3 is 13.1 Å². The van der Waals surface area contributed by atoms with Gasteiger partial charge in [-0.05, 0) is 29.7 Å². The highest BCUT2D eigenvalue weighted by Crippen LogP contribution is 2.30. The van der Waals surface area contributed by atoms with Gasteiger partial charge in [0, 0.05) is 13.1 Å². The SMILES string of the molecule is NCc1ccc(C(=O)N[C@H]2Cc3cccc(C(=O)O)c3OB2O)nc1CN. The van der Waals surface area contributed by atoms with E-state index in [2.05, 4.69) is 10.3 Å². The summed E-state index contributed by atoms with van der Waals surface area (Å²) in [5.74, 6) is -2.30. The normalized spacial score (nSPS) is 15.7. The van der Waals surface area contributed by atoms with Gasteiger partial charge in [0.25, 0.3) is 5.91 Å². The average molecular weight is 370 g/mol. The molecule has 0 spiro atoms. The maximum atomic E-state index is 12.5. The Hall–Kier alpha value is -2.95. The predicted octanol–water partition coefficient (Wildman–Crippen LogP) is -0.550. The maximum absolute atomic E-state index is 12.5. The summed E-state index contributed by atoms with van der Waals surface area (Å²) in [6, 6.07) is 7.89. The van der Waals surface area contributed by atoms with E-state index in [9.17, 15) is 19.7 Å². The fourth-order valence-electron chi connectivity index (χ4n) is 2.98. The van der Waals surface area contributed by atoms with Gasteiger partial charge in [0.15, 0.2) is 0 Å². The maximum Gasteiger partial charge on any atom is 0.547 e. The van der Waals surface area contributed by atoms with Crippen molar-refractivity contribution >= 4 is 19.0 Å². The van der Waals surface area contributed by atoms with E-state index in [4.69, 9.17) is 16.1 Å². The molecule has 1 atom stereocenters. The van der Waals surface area contributed by atoms with Gasteiger partial charge in [-0.15, -0.1) is 0 Å². The van der Waals surface area contributed by atoms with Gasteiger partial charge in [-0.2, -0.15) is 0 Å². The van der Waals surface area contributed by atoms with Crippen molar-refractivity contribution in [2.45, 2.75) is 25.5 Å². The summed E-state index contributed by atoms with van der Waals surface area (Å²) >= 11 is 0. The second kappa shape index (κ2) is 7.74. The van der Waals surface area contributed by atoms with E-state index in [0.29, 0.717) is 11.3 Å². The lowest BCUT2D eigenvalue weighted by atomic mass is 9.72. The molecule has 1 aromatic heterocycles.